The molecule has 8 heteroatoms. The van der Waals surface area contributed by atoms with Crippen molar-refractivity contribution in [2.75, 3.05) is 6.54 Å². The molecule has 4 nitrogen and oxygen atoms in total. The maximum Gasteiger partial charge on any atom is 0.416 e. The third-order valence-corrected chi connectivity index (χ3v) is 3.78. The lowest BCUT2D eigenvalue weighted by molar-refractivity contribution is -0.137. The Morgan fingerprint density at radius 3 is 2.08 bits per heavy atom. The summed E-state index contributed by atoms with van der Waals surface area (Å²) in [6, 6.07) is 9.21. The summed E-state index contributed by atoms with van der Waals surface area (Å²) in [6.45, 7) is -0.0907. The van der Waals surface area contributed by atoms with Crippen LogP contribution in [0.1, 0.15) is 21.5 Å². The highest BCUT2D eigenvalue weighted by atomic mass is 19.4. The number of benzene rings is 2. The summed E-state index contributed by atoms with van der Waals surface area (Å²) in [5, 5.41) is 2.48. The molecular weight excluding hydrogens is 352 g/mol. The summed E-state index contributed by atoms with van der Waals surface area (Å²) >= 11 is 0. The van der Waals surface area contributed by atoms with Crippen molar-refractivity contribution >= 4 is 11.8 Å². The highest BCUT2D eigenvalue weighted by Crippen LogP contribution is 2.29. The van der Waals surface area contributed by atoms with Gasteiger partial charge in [-0.15, -0.1) is 0 Å². The molecule has 2 rings (SSSR count). The Labute approximate surface area is 147 Å². The molecule has 2 aromatic carbocycles. The predicted octanol–water partition coefficient (Wildman–Crippen LogP) is 2.92. The number of amides is 2. The van der Waals surface area contributed by atoms with Gasteiger partial charge in [-0.25, -0.2) is 4.39 Å². The Kier molecular flexibility index (Phi) is 5.97. The lowest BCUT2D eigenvalue weighted by Crippen LogP contribution is -2.37. The Morgan fingerprint density at radius 2 is 1.58 bits per heavy atom. The van der Waals surface area contributed by atoms with Gasteiger partial charge in [0.2, 0.25) is 5.91 Å². The summed E-state index contributed by atoms with van der Waals surface area (Å²) in [6.07, 6.45) is -4.29. The molecule has 0 unspecified atom stereocenters. The molecule has 138 valence electrons. The van der Waals surface area contributed by atoms with Crippen LogP contribution < -0.4 is 11.1 Å². The number of alkyl halides is 3. The molecule has 0 saturated carbocycles. The summed E-state index contributed by atoms with van der Waals surface area (Å²) in [5.74, 6) is -2.43. The van der Waals surface area contributed by atoms with Crippen molar-refractivity contribution < 1.29 is 27.2 Å². The first-order valence-electron chi connectivity index (χ1n) is 7.66. The van der Waals surface area contributed by atoms with Crippen molar-refractivity contribution in [3.63, 3.8) is 0 Å². The molecule has 0 heterocycles. The van der Waals surface area contributed by atoms with Gasteiger partial charge in [-0.2, -0.15) is 13.2 Å². The minimum absolute atomic E-state index is 0.0306. The lowest BCUT2D eigenvalue weighted by atomic mass is 9.98. The van der Waals surface area contributed by atoms with E-state index in [1.807, 2.05) is 0 Å². The van der Waals surface area contributed by atoms with Gasteiger partial charge < -0.3 is 11.1 Å². The summed E-state index contributed by atoms with van der Waals surface area (Å²) in [4.78, 5) is 23.6. The van der Waals surface area contributed by atoms with Gasteiger partial charge in [0.15, 0.2) is 0 Å². The van der Waals surface area contributed by atoms with Crippen molar-refractivity contribution in [1.29, 1.82) is 0 Å². The Hall–Kier alpha value is -2.90. The van der Waals surface area contributed by atoms with E-state index in [1.165, 1.54) is 24.3 Å². The number of primary amides is 1. The van der Waals surface area contributed by atoms with Gasteiger partial charge in [0.05, 0.1) is 11.5 Å². The van der Waals surface area contributed by atoms with Crippen LogP contribution in [0, 0.1) is 11.7 Å². The average molecular weight is 368 g/mol. The molecule has 0 aliphatic rings. The van der Waals surface area contributed by atoms with Crippen molar-refractivity contribution in [3.8, 4) is 0 Å². The van der Waals surface area contributed by atoms with Crippen LogP contribution in [0.4, 0.5) is 17.6 Å². The normalized spacial score (nSPS) is 12.5. The van der Waals surface area contributed by atoms with Crippen LogP contribution in [0.25, 0.3) is 0 Å². The standard InChI is InChI=1S/C18H16F4N2O2/c19-15-7-1-11(2-8-15)9-13(16(23)25)10-24-17(26)12-3-5-14(6-4-12)18(20,21)22/h1-8,13H,9-10H2,(H2,23,25)(H,24,26)/t13-/m1/s1. The smallest absolute Gasteiger partial charge is 0.369 e. The molecule has 0 fully saturated rings. The molecule has 2 aromatic rings. The van der Waals surface area contributed by atoms with Crippen LogP contribution in [-0.2, 0) is 17.4 Å². The Bertz CT molecular complexity index is 771. The molecule has 0 aliphatic carbocycles. The zero-order valence-electron chi connectivity index (χ0n) is 13.5. The first kappa shape index (κ1) is 19.4. The topological polar surface area (TPSA) is 72.2 Å². The monoisotopic (exact) mass is 368 g/mol. The van der Waals surface area contributed by atoms with Gasteiger partial charge in [0.1, 0.15) is 5.82 Å². The molecule has 2 amide bonds. The van der Waals surface area contributed by atoms with Crippen LogP contribution in [0.2, 0.25) is 0 Å². The third-order valence-electron chi connectivity index (χ3n) is 3.78. The van der Waals surface area contributed by atoms with Crippen LogP contribution >= 0.6 is 0 Å². The molecule has 0 radical (unpaired) electrons. The summed E-state index contributed by atoms with van der Waals surface area (Å²) in [5.41, 5.74) is 5.15. The summed E-state index contributed by atoms with van der Waals surface area (Å²) < 4.78 is 50.5. The second kappa shape index (κ2) is 7.99. The van der Waals surface area contributed by atoms with Crippen molar-refractivity contribution in [2.24, 2.45) is 11.7 Å². The van der Waals surface area contributed by atoms with Crippen molar-refractivity contribution in [2.45, 2.75) is 12.6 Å². The molecule has 26 heavy (non-hydrogen) atoms. The highest BCUT2D eigenvalue weighted by molar-refractivity contribution is 5.94. The van der Waals surface area contributed by atoms with E-state index in [0.29, 0.717) is 5.56 Å². The number of nitrogens with two attached hydrogens (primary N) is 1. The fourth-order valence-corrected chi connectivity index (χ4v) is 2.31. The number of carbonyl (C=O) groups is 2. The van der Waals surface area contributed by atoms with Crippen LogP contribution in [0.15, 0.2) is 48.5 Å². The second-order valence-electron chi connectivity index (χ2n) is 5.72. The van der Waals surface area contributed by atoms with E-state index in [-0.39, 0.29) is 18.5 Å². The van der Waals surface area contributed by atoms with E-state index in [0.717, 1.165) is 24.3 Å². The van der Waals surface area contributed by atoms with E-state index in [9.17, 15) is 27.2 Å². The Morgan fingerprint density at radius 1 is 1.00 bits per heavy atom. The molecular formula is C18H16F4N2O2. The maximum atomic E-state index is 12.9. The summed E-state index contributed by atoms with van der Waals surface area (Å²) in [7, 11) is 0. The van der Waals surface area contributed by atoms with Gasteiger partial charge in [-0.1, -0.05) is 12.1 Å². The fourth-order valence-electron chi connectivity index (χ4n) is 2.31. The average Bonchev–Trinajstić information content (AvgIpc) is 2.59. The van der Waals surface area contributed by atoms with Crippen molar-refractivity contribution in [3.05, 3.63) is 71.0 Å². The molecule has 1 atom stereocenters. The molecule has 0 bridgehead atoms. The predicted molar refractivity (Wildman–Crippen MR) is 86.6 cm³/mol. The van der Waals surface area contributed by atoms with Crippen molar-refractivity contribution in [1.82, 2.24) is 5.32 Å². The van der Waals surface area contributed by atoms with E-state index >= 15 is 0 Å². The number of hydrogen-bond acceptors (Lipinski definition) is 2. The maximum absolute atomic E-state index is 12.9. The zero-order chi connectivity index (χ0) is 19.3. The van der Waals surface area contributed by atoms with E-state index in [4.69, 9.17) is 5.73 Å². The number of nitrogens with one attached hydrogen (secondary N) is 1. The second-order valence-corrected chi connectivity index (χ2v) is 5.72. The third kappa shape index (κ3) is 5.30. The minimum Gasteiger partial charge on any atom is -0.369 e. The first-order valence-corrected chi connectivity index (χ1v) is 7.66. The van der Waals surface area contributed by atoms with E-state index in [2.05, 4.69) is 5.32 Å². The highest BCUT2D eigenvalue weighted by Gasteiger charge is 2.30. The molecule has 0 spiro atoms. The number of halogens is 4. The first-order chi connectivity index (χ1) is 12.2. The zero-order valence-corrected chi connectivity index (χ0v) is 13.5. The van der Waals surface area contributed by atoms with E-state index < -0.39 is 35.3 Å². The molecule has 0 aromatic heterocycles. The van der Waals surface area contributed by atoms with Gasteiger partial charge in [-0.3, -0.25) is 9.59 Å². The SMILES string of the molecule is NC(=O)[C@@H](CNC(=O)c1ccc(C(F)(F)F)cc1)Cc1ccc(F)cc1. The molecule has 0 aliphatic heterocycles. The largest absolute Gasteiger partial charge is 0.416 e. The number of hydrogen-bond donors (Lipinski definition) is 2. The van der Waals surface area contributed by atoms with Gasteiger partial charge in [-0.05, 0) is 48.4 Å². The van der Waals surface area contributed by atoms with Crippen LogP contribution in [-0.4, -0.2) is 18.4 Å². The molecule has 3 N–H and O–H groups in total. The van der Waals surface area contributed by atoms with Crippen LogP contribution in [0.3, 0.4) is 0 Å². The minimum atomic E-state index is -4.48. The van der Waals surface area contributed by atoms with Crippen LogP contribution in [0.5, 0.6) is 0 Å². The van der Waals surface area contributed by atoms with Gasteiger partial charge in [0, 0.05) is 12.1 Å². The fraction of sp³-hybridized carbons (Fsp3) is 0.222. The number of rotatable bonds is 6. The number of carbonyl (C=O) groups excluding carboxylic acids is 2. The van der Waals surface area contributed by atoms with Gasteiger partial charge in [0.25, 0.3) is 5.91 Å². The Balaban J connectivity index is 1.98. The van der Waals surface area contributed by atoms with Gasteiger partial charge >= 0.3 is 6.18 Å². The lowest BCUT2D eigenvalue weighted by Gasteiger charge is -2.15. The van der Waals surface area contributed by atoms with E-state index in [1.54, 1.807) is 0 Å². The molecule has 0 saturated heterocycles. The quantitative estimate of drug-likeness (QED) is 0.770.